The van der Waals surface area contributed by atoms with E-state index < -0.39 is 6.04 Å². The predicted octanol–water partition coefficient (Wildman–Crippen LogP) is 1.23. The molecule has 0 radical (unpaired) electrons. The largest absolute Gasteiger partial charge is 0.508 e. The van der Waals surface area contributed by atoms with Crippen molar-refractivity contribution >= 4 is 5.69 Å². The third kappa shape index (κ3) is 2.65. The van der Waals surface area contributed by atoms with Crippen LogP contribution in [0.2, 0.25) is 0 Å². The summed E-state index contributed by atoms with van der Waals surface area (Å²) in [5, 5.41) is 18.8. The first-order valence-corrected chi connectivity index (χ1v) is 5.58. The first kappa shape index (κ1) is 12.8. The van der Waals surface area contributed by atoms with Gasteiger partial charge in [0.25, 0.3) is 0 Å². The molecule has 0 unspecified atom stereocenters. The molecule has 4 nitrogen and oxygen atoms in total. The summed E-state index contributed by atoms with van der Waals surface area (Å²) in [6, 6.07) is 4.85. The molecule has 4 heteroatoms. The van der Waals surface area contributed by atoms with Crippen molar-refractivity contribution in [1.82, 2.24) is 0 Å². The number of aliphatic hydroxyl groups is 1. The van der Waals surface area contributed by atoms with E-state index >= 15 is 0 Å². The van der Waals surface area contributed by atoms with Crippen molar-refractivity contribution in [1.29, 1.82) is 0 Å². The highest BCUT2D eigenvalue weighted by Crippen LogP contribution is 2.27. The van der Waals surface area contributed by atoms with Crippen LogP contribution in [0, 0.1) is 0 Å². The maximum atomic E-state index is 9.82. The van der Waals surface area contributed by atoms with Gasteiger partial charge in [0.05, 0.1) is 12.6 Å². The monoisotopic (exact) mass is 224 g/mol. The summed E-state index contributed by atoms with van der Waals surface area (Å²) in [7, 11) is 0. The summed E-state index contributed by atoms with van der Waals surface area (Å²) in [4.78, 5) is 2.13. The van der Waals surface area contributed by atoms with Gasteiger partial charge >= 0.3 is 0 Å². The molecule has 0 aliphatic carbocycles. The third-order valence-corrected chi connectivity index (χ3v) is 2.74. The summed E-state index contributed by atoms with van der Waals surface area (Å²) in [6.45, 7) is 5.74. The molecule has 0 bridgehead atoms. The molecule has 0 aliphatic heterocycles. The van der Waals surface area contributed by atoms with E-state index in [0.29, 0.717) is 5.56 Å². The Balaban J connectivity index is 2.98. The first-order chi connectivity index (χ1) is 7.63. The molecule has 0 spiro atoms. The van der Waals surface area contributed by atoms with Gasteiger partial charge in [-0.15, -0.1) is 0 Å². The first-order valence-electron chi connectivity index (χ1n) is 5.58. The Bertz CT molecular complexity index is 338. The van der Waals surface area contributed by atoms with Crippen LogP contribution in [0.4, 0.5) is 5.69 Å². The Morgan fingerprint density at radius 1 is 1.31 bits per heavy atom. The molecule has 0 aromatic heterocycles. The lowest BCUT2D eigenvalue weighted by Crippen LogP contribution is -2.22. The van der Waals surface area contributed by atoms with Crippen molar-refractivity contribution < 1.29 is 10.2 Å². The quantitative estimate of drug-likeness (QED) is 0.703. The van der Waals surface area contributed by atoms with Gasteiger partial charge < -0.3 is 20.8 Å². The van der Waals surface area contributed by atoms with Gasteiger partial charge in [-0.2, -0.15) is 0 Å². The smallest absolute Gasteiger partial charge is 0.122 e. The van der Waals surface area contributed by atoms with Crippen LogP contribution >= 0.6 is 0 Å². The summed E-state index contributed by atoms with van der Waals surface area (Å²) in [6.07, 6.45) is 0. The molecule has 90 valence electrons. The molecule has 1 atom stereocenters. The van der Waals surface area contributed by atoms with E-state index in [1.165, 1.54) is 0 Å². The van der Waals surface area contributed by atoms with Crippen LogP contribution in [0.25, 0.3) is 0 Å². The predicted molar refractivity (Wildman–Crippen MR) is 65.7 cm³/mol. The zero-order valence-corrected chi connectivity index (χ0v) is 9.85. The van der Waals surface area contributed by atoms with Gasteiger partial charge in [0.15, 0.2) is 0 Å². The highest BCUT2D eigenvalue weighted by atomic mass is 16.3. The fourth-order valence-electron chi connectivity index (χ4n) is 1.73. The second kappa shape index (κ2) is 5.72. The highest BCUT2D eigenvalue weighted by molar-refractivity contribution is 5.54. The number of anilines is 1. The van der Waals surface area contributed by atoms with Crippen LogP contribution in [-0.2, 0) is 0 Å². The number of nitrogens with zero attached hydrogens (tertiary/aromatic N) is 1. The molecule has 0 aliphatic rings. The SMILES string of the molecule is CCN(CC)c1ccc([C@H](N)CO)c(O)c1. The Morgan fingerprint density at radius 2 is 1.94 bits per heavy atom. The standard InChI is InChI=1S/C12H20N2O2/c1-3-14(4-2)9-5-6-10(11(13)8-15)12(16)7-9/h5-7,11,15-16H,3-4,8,13H2,1-2H3/t11-/m1/s1. The van der Waals surface area contributed by atoms with E-state index in [9.17, 15) is 5.11 Å². The minimum atomic E-state index is -0.522. The minimum Gasteiger partial charge on any atom is -0.508 e. The van der Waals surface area contributed by atoms with E-state index in [1.807, 2.05) is 6.07 Å². The van der Waals surface area contributed by atoms with E-state index in [2.05, 4.69) is 18.7 Å². The maximum Gasteiger partial charge on any atom is 0.122 e. The zero-order chi connectivity index (χ0) is 12.1. The fraction of sp³-hybridized carbons (Fsp3) is 0.500. The number of aliphatic hydroxyl groups excluding tert-OH is 1. The third-order valence-electron chi connectivity index (χ3n) is 2.74. The number of aromatic hydroxyl groups is 1. The lowest BCUT2D eigenvalue weighted by molar-refractivity contribution is 0.265. The second-order valence-electron chi connectivity index (χ2n) is 3.70. The molecule has 16 heavy (non-hydrogen) atoms. The summed E-state index contributed by atoms with van der Waals surface area (Å²) in [5.41, 5.74) is 7.21. The van der Waals surface area contributed by atoms with Gasteiger partial charge in [-0.3, -0.25) is 0 Å². The lowest BCUT2D eigenvalue weighted by Gasteiger charge is -2.22. The molecule has 0 fully saturated rings. The van der Waals surface area contributed by atoms with Crippen LogP contribution in [0.3, 0.4) is 0 Å². The van der Waals surface area contributed by atoms with Crippen molar-refractivity contribution in [3.63, 3.8) is 0 Å². The van der Waals surface area contributed by atoms with Crippen LogP contribution in [0.5, 0.6) is 5.75 Å². The van der Waals surface area contributed by atoms with Gasteiger partial charge in [0.2, 0.25) is 0 Å². The van der Waals surface area contributed by atoms with Crippen molar-refractivity contribution in [3.8, 4) is 5.75 Å². The highest BCUT2D eigenvalue weighted by Gasteiger charge is 2.11. The van der Waals surface area contributed by atoms with Crippen molar-refractivity contribution in [2.75, 3.05) is 24.6 Å². The van der Waals surface area contributed by atoms with E-state index in [1.54, 1.807) is 12.1 Å². The molecule has 1 rings (SSSR count). The molecule has 0 saturated heterocycles. The average Bonchev–Trinajstić information content (AvgIpc) is 2.30. The van der Waals surface area contributed by atoms with Crippen molar-refractivity contribution in [2.24, 2.45) is 5.73 Å². The lowest BCUT2D eigenvalue weighted by atomic mass is 10.1. The Morgan fingerprint density at radius 3 is 2.38 bits per heavy atom. The number of phenolic OH excluding ortho intramolecular Hbond substituents is 1. The number of hydrogen-bond donors (Lipinski definition) is 3. The topological polar surface area (TPSA) is 69.7 Å². The number of hydrogen-bond acceptors (Lipinski definition) is 4. The Labute approximate surface area is 96.3 Å². The van der Waals surface area contributed by atoms with Crippen LogP contribution < -0.4 is 10.6 Å². The molecule has 4 N–H and O–H groups in total. The fourth-order valence-corrected chi connectivity index (χ4v) is 1.73. The number of benzene rings is 1. The molecule has 1 aromatic rings. The number of rotatable bonds is 5. The van der Waals surface area contributed by atoms with Crippen molar-refractivity contribution in [3.05, 3.63) is 23.8 Å². The van der Waals surface area contributed by atoms with E-state index in [-0.39, 0.29) is 12.4 Å². The minimum absolute atomic E-state index is 0.144. The molecule has 0 saturated carbocycles. The van der Waals surface area contributed by atoms with E-state index in [0.717, 1.165) is 18.8 Å². The zero-order valence-electron chi connectivity index (χ0n) is 9.85. The average molecular weight is 224 g/mol. The molecular formula is C12H20N2O2. The summed E-state index contributed by atoms with van der Waals surface area (Å²) in [5.74, 6) is 0.144. The van der Waals surface area contributed by atoms with Gasteiger partial charge in [-0.05, 0) is 19.9 Å². The van der Waals surface area contributed by atoms with Gasteiger partial charge in [-0.1, -0.05) is 6.07 Å². The van der Waals surface area contributed by atoms with E-state index in [4.69, 9.17) is 10.8 Å². The van der Waals surface area contributed by atoms with Crippen LogP contribution in [-0.4, -0.2) is 29.9 Å². The van der Waals surface area contributed by atoms with Gasteiger partial charge in [-0.25, -0.2) is 0 Å². The summed E-state index contributed by atoms with van der Waals surface area (Å²) >= 11 is 0. The van der Waals surface area contributed by atoms with Crippen LogP contribution in [0.1, 0.15) is 25.5 Å². The molecule has 1 aromatic carbocycles. The maximum absolute atomic E-state index is 9.82. The molecular weight excluding hydrogens is 204 g/mol. The normalized spacial score (nSPS) is 12.5. The number of nitrogens with two attached hydrogens (primary N) is 1. The number of phenols is 1. The Kier molecular flexibility index (Phi) is 4.58. The van der Waals surface area contributed by atoms with Crippen molar-refractivity contribution in [2.45, 2.75) is 19.9 Å². The van der Waals surface area contributed by atoms with Gasteiger partial charge in [0, 0.05) is 30.4 Å². The molecule has 0 heterocycles. The molecule has 0 amide bonds. The Hall–Kier alpha value is -1.26. The van der Waals surface area contributed by atoms with Gasteiger partial charge in [0.1, 0.15) is 5.75 Å². The summed E-state index contributed by atoms with van der Waals surface area (Å²) < 4.78 is 0. The van der Waals surface area contributed by atoms with Crippen LogP contribution in [0.15, 0.2) is 18.2 Å². The second-order valence-corrected chi connectivity index (χ2v) is 3.70.